The predicted molar refractivity (Wildman–Crippen MR) is 139 cm³/mol. The quantitative estimate of drug-likeness (QED) is 0.215. The molecule has 1 saturated heterocycles. The van der Waals surface area contributed by atoms with Gasteiger partial charge in [-0.15, -0.1) is 0 Å². The third-order valence-corrected chi connectivity index (χ3v) is 6.50. The van der Waals surface area contributed by atoms with Crippen molar-refractivity contribution >= 4 is 34.4 Å². The highest BCUT2D eigenvalue weighted by atomic mass is 19.1. The molecular weight excluding hydrogens is 473 g/mol. The van der Waals surface area contributed by atoms with Crippen LogP contribution in [0.2, 0.25) is 0 Å². The van der Waals surface area contributed by atoms with Crippen LogP contribution in [0.5, 0.6) is 5.75 Å². The molecule has 1 atom stereocenters. The zero-order chi connectivity index (χ0) is 26.5. The molecule has 188 valence electrons. The molecule has 1 aromatic heterocycles. The second-order valence-electron chi connectivity index (χ2n) is 9.97. The molecule has 5 rings (SSSR count). The summed E-state index contributed by atoms with van der Waals surface area (Å²) in [5.74, 6) is -1.71. The Morgan fingerprint density at radius 2 is 1.78 bits per heavy atom. The molecule has 0 radical (unpaired) electrons. The summed E-state index contributed by atoms with van der Waals surface area (Å²) in [6.07, 6.45) is 0. The maximum atomic E-state index is 13.8. The molecule has 0 aliphatic carbocycles. The Kier molecular flexibility index (Phi) is 5.82. The van der Waals surface area contributed by atoms with E-state index in [1.165, 1.54) is 23.1 Å². The van der Waals surface area contributed by atoms with Gasteiger partial charge in [-0.05, 0) is 47.4 Å². The number of Topliss-reactive ketones (excluding diaryl/α,β-unsaturated/α-hetero) is 1. The number of imidazole rings is 1. The number of hydrogen-bond donors (Lipinski definition) is 2. The Hall–Kier alpha value is -4.46. The Labute approximate surface area is 213 Å². The highest BCUT2D eigenvalue weighted by Gasteiger charge is 2.48. The molecule has 2 heterocycles. The van der Waals surface area contributed by atoms with Crippen LogP contribution in [0.4, 0.5) is 10.3 Å². The van der Waals surface area contributed by atoms with E-state index in [9.17, 15) is 19.1 Å². The van der Waals surface area contributed by atoms with E-state index in [1.54, 1.807) is 49.6 Å². The lowest BCUT2D eigenvalue weighted by atomic mass is 9.84. The van der Waals surface area contributed by atoms with E-state index in [1.807, 2.05) is 26.8 Å². The fraction of sp³-hybridized carbons (Fsp3) is 0.207. The minimum Gasteiger partial charge on any atom is -0.507 e. The number of halogens is 1. The standard InChI is InChI=1S/C29H26FN3O4/c1-29(2,3)19-14-17(10-13-22(19)37-4)25(34)23-24(16-8-6-5-7-9-16)33(27(36)26(23)35)28-31-20-12-11-18(30)15-21(20)32-28/h5-15,24,34H,1-4H3,(H,31,32)/b25-23+. The van der Waals surface area contributed by atoms with Crippen molar-refractivity contribution in [3.8, 4) is 5.75 Å². The van der Waals surface area contributed by atoms with Gasteiger partial charge in [0.2, 0.25) is 5.95 Å². The molecule has 4 aromatic rings. The zero-order valence-electron chi connectivity index (χ0n) is 20.9. The van der Waals surface area contributed by atoms with Gasteiger partial charge in [0.25, 0.3) is 5.78 Å². The maximum Gasteiger partial charge on any atom is 0.302 e. The molecule has 2 N–H and O–H groups in total. The van der Waals surface area contributed by atoms with Crippen LogP contribution in [-0.2, 0) is 15.0 Å². The Balaban J connectivity index is 1.72. The van der Waals surface area contributed by atoms with Crippen molar-refractivity contribution in [1.82, 2.24) is 9.97 Å². The second-order valence-corrected chi connectivity index (χ2v) is 9.97. The molecule has 8 heteroatoms. The minimum absolute atomic E-state index is 0.0622. The molecule has 7 nitrogen and oxygen atoms in total. The van der Waals surface area contributed by atoms with Crippen LogP contribution in [0.1, 0.15) is 43.5 Å². The van der Waals surface area contributed by atoms with Crippen molar-refractivity contribution in [2.45, 2.75) is 32.2 Å². The first-order chi connectivity index (χ1) is 17.6. The number of carbonyl (C=O) groups excluding carboxylic acids is 2. The number of fused-ring (bicyclic) bond motifs is 1. The van der Waals surface area contributed by atoms with Gasteiger partial charge in [0.05, 0.1) is 29.8 Å². The summed E-state index contributed by atoms with van der Waals surface area (Å²) >= 11 is 0. The van der Waals surface area contributed by atoms with Gasteiger partial charge in [-0.2, -0.15) is 0 Å². The SMILES string of the molecule is COc1ccc(/C(O)=C2\C(=O)C(=O)N(c3nc4ccc(F)cc4[nH]3)C2c2ccccc2)cc1C(C)(C)C. The number of aliphatic hydroxyl groups is 1. The average molecular weight is 500 g/mol. The van der Waals surface area contributed by atoms with Gasteiger partial charge in [-0.3, -0.25) is 14.5 Å². The van der Waals surface area contributed by atoms with Crippen molar-refractivity contribution in [3.63, 3.8) is 0 Å². The van der Waals surface area contributed by atoms with Crippen LogP contribution in [0.15, 0.2) is 72.3 Å². The smallest absolute Gasteiger partial charge is 0.302 e. The molecule has 1 unspecified atom stereocenters. The van der Waals surface area contributed by atoms with E-state index in [0.717, 1.165) is 5.56 Å². The number of benzene rings is 3. The van der Waals surface area contributed by atoms with E-state index in [-0.39, 0.29) is 22.7 Å². The topological polar surface area (TPSA) is 95.5 Å². The van der Waals surface area contributed by atoms with E-state index in [4.69, 9.17) is 4.74 Å². The molecule has 0 bridgehead atoms. The average Bonchev–Trinajstić information content (AvgIpc) is 3.40. The van der Waals surface area contributed by atoms with E-state index < -0.39 is 23.5 Å². The van der Waals surface area contributed by atoms with Crippen LogP contribution in [0.25, 0.3) is 16.8 Å². The number of carbonyl (C=O) groups is 2. The van der Waals surface area contributed by atoms with Crippen LogP contribution in [0, 0.1) is 5.82 Å². The summed E-state index contributed by atoms with van der Waals surface area (Å²) in [5.41, 5.74) is 2.28. The highest BCUT2D eigenvalue weighted by molar-refractivity contribution is 6.51. The van der Waals surface area contributed by atoms with Crippen LogP contribution in [0.3, 0.4) is 0 Å². The maximum absolute atomic E-state index is 13.8. The number of aliphatic hydroxyl groups excluding tert-OH is 1. The van der Waals surface area contributed by atoms with Crippen molar-refractivity contribution in [1.29, 1.82) is 0 Å². The number of H-pyrrole nitrogens is 1. The molecule has 3 aromatic carbocycles. The largest absolute Gasteiger partial charge is 0.507 e. The summed E-state index contributed by atoms with van der Waals surface area (Å²) in [7, 11) is 1.57. The van der Waals surface area contributed by atoms with Gasteiger partial charge in [0.15, 0.2) is 0 Å². The Bertz CT molecular complexity index is 1570. The van der Waals surface area contributed by atoms with Gasteiger partial charge in [0.1, 0.15) is 17.3 Å². The minimum atomic E-state index is -0.952. The summed E-state index contributed by atoms with van der Waals surface area (Å²) in [6.45, 7) is 6.05. The van der Waals surface area contributed by atoms with Crippen LogP contribution < -0.4 is 9.64 Å². The second kappa shape index (κ2) is 8.89. The lowest BCUT2D eigenvalue weighted by molar-refractivity contribution is -0.132. The number of aromatic nitrogens is 2. The normalized spacial score (nSPS) is 17.5. The molecule has 0 spiro atoms. The number of methoxy groups -OCH3 is 1. The van der Waals surface area contributed by atoms with E-state index in [2.05, 4.69) is 9.97 Å². The van der Waals surface area contributed by atoms with Gasteiger partial charge >= 0.3 is 5.91 Å². The molecule has 37 heavy (non-hydrogen) atoms. The number of nitrogens with one attached hydrogen (secondary N) is 1. The number of nitrogens with zero attached hydrogens (tertiary/aromatic N) is 2. The van der Waals surface area contributed by atoms with Gasteiger partial charge in [-0.25, -0.2) is 9.37 Å². The van der Waals surface area contributed by atoms with Crippen LogP contribution in [-0.4, -0.2) is 33.9 Å². The molecule has 1 aliphatic rings. The molecule has 1 fully saturated rings. The number of ketones is 1. The first-order valence-electron chi connectivity index (χ1n) is 11.8. The third kappa shape index (κ3) is 4.14. The number of aromatic amines is 1. The molecule has 0 saturated carbocycles. The van der Waals surface area contributed by atoms with E-state index >= 15 is 0 Å². The molecule has 1 aliphatic heterocycles. The Morgan fingerprint density at radius 3 is 2.46 bits per heavy atom. The lowest BCUT2D eigenvalue weighted by Crippen LogP contribution is -2.30. The number of ether oxygens (including phenoxy) is 1. The lowest BCUT2D eigenvalue weighted by Gasteiger charge is -2.24. The van der Waals surface area contributed by atoms with Crippen molar-refractivity contribution < 1.29 is 23.8 Å². The Morgan fingerprint density at radius 1 is 1.05 bits per heavy atom. The van der Waals surface area contributed by atoms with Crippen molar-refractivity contribution in [2.75, 3.05) is 12.0 Å². The summed E-state index contributed by atoms with van der Waals surface area (Å²) < 4.78 is 19.3. The summed E-state index contributed by atoms with van der Waals surface area (Å²) in [4.78, 5) is 35.4. The first kappa shape index (κ1) is 24.2. The zero-order valence-corrected chi connectivity index (χ0v) is 20.9. The number of hydrogen-bond acceptors (Lipinski definition) is 5. The number of amides is 1. The number of rotatable bonds is 4. The predicted octanol–water partition coefficient (Wildman–Crippen LogP) is 5.63. The molecule has 1 amide bonds. The first-order valence-corrected chi connectivity index (χ1v) is 11.8. The van der Waals surface area contributed by atoms with Crippen molar-refractivity contribution in [2.24, 2.45) is 0 Å². The van der Waals surface area contributed by atoms with Gasteiger partial charge in [0, 0.05) is 11.1 Å². The fourth-order valence-electron chi connectivity index (χ4n) is 4.68. The van der Waals surface area contributed by atoms with Gasteiger partial charge < -0.3 is 14.8 Å². The summed E-state index contributed by atoms with van der Waals surface area (Å²) in [5, 5.41) is 11.5. The fourth-order valence-corrected chi connectivity index (χ4v) is 4.68. The summed E-state index contributed by atoms with van der Waals surface area (Å²) in [6, 6.07) is 17.2. The third-order valence-electron chi connectivity index (χ3n) is 6.50. The van der Waals surface area contributed by atoms with E-state index in [0.29, 0.717) is 27.9 Å². The van der Waals surface area contributed by atoms with Crippen LogP contribution >= 0.6 is 0 Å². The number of anilines is 1. The van der Waals surface area contributed by atoms with Gasteiger partial charge in [-0.1, -0.05) is 51.1 Å². The highest BCUT2D eigenvalue weighted by Crippen LogP contribution is 2.42. The molecular formula is C29H26FN3O4. The monoisotopic (exact) mass is 499 g/mol. The van der Waals surface area contributed by atoms with Crippen molar-refractivity contribution in [3.05, 3.63) is 94.8 Å².